The number of nitrogens with zero attached hydrogens (tertiary/aromatic N) is 1. The zero-order chi connectivity index (χ0) is 20.0. The molecule has 1 amide bonds. The van der Waals surface area contributed by atoms with E-state index in [1.165, 1.54) is 12.2 Å². The monoisotopic (exact) mass is 534 g/mol. The van der Waals surface area contributed by atoms with Crippen molar-refractivity contribution in [3.63, 3.8) is 0 Å². The maximum Gasteiger partial charge on any atom is 0.251 e. The normalized spacial score (nSPS) is 16.2. The average Bonchev–Trinajstić information content (AvgIpc) is 3.24. The van der Waals surface area contributed by atoms with Crippen molar-refractivity contribution in [3.05, 3.63) is 35.4 Å². The van der Waals surface area contributed by atoms with E-state index in [4.69, 9.17) is 4.74 Å². The summed E-state index contributed by atoms with van der Waals surface area (Å²) in [4.78, 5) is 17.0. The summed E-state index contributed by atoms with van der Waals surface area (Å²) in [6, 6.07) is 7.67. The first-order valence-electron chi connectivity index (χ1n) is 10.2. The van der Waals surface area contributed by atoms with Crippen molar-refractivity contribution in [3.8, 4) is 0 Å². The van der Waals surface area contributed by atoms with Gasteiger partial charge in [-0.2, -0.15) is 11.8 Å². The molecule has 6 nitrogen and oxygen atoms in total. The Balaban J connectivity index is 0.00000420. The second-order valence-corrected chi connectivity index (χ2v) is 7.85. The number of carbonyl (C=O) groups is 1. The van der Waals surface area contributed by atoms with Crippen LogP contribution < -0.4 is 16.0 Å². The third-order valence-corrected chi connectivity index (χ3v) is 5.23. The minimum atomic E-state index is -0.0554. The molecule has 1 atom stereocenters. The van der Waals surface area contributed by atoms with E-state index in [0.29, 0.717) is 18.7 Å². The van der Waals surface area contributed by atoms with Crippen LogP contribution in [-0.4, -0.2) is 56.2 Å². The Kier molecular flexibility index (Phi) is 14.2. The number of aliphatic imine (C=N–C) groups is 1. The standard InChI is InChI=1S/C21H34N4O2S.HI/c1-3-22-21(23-11-4-5-13-28-2)25-15-17-8-6-9-18(14-17)20(26)24-16-19-10-7-12-27-19;/h6,8-9,14,19H,3-5,7,10-13,15-16H2,1-2H3,(H,24,26)(H2,22,23,25);1H. The molecule has 1 saturated heterocycles. The summed E-state index contributed by atoms with van der Waals surface area (Å²) in [5, 5.41) is 9.62. The molecule has 0 spiro atoms. The van der Waals surface area contributed by atoms with Crippen molar-refractivity contribution in [1.82, 2.24) is 16.0 Å². The molecule has 164 valence electrons. The predicted octanol–water partition coefficient (Wildman–Crippen LogP) is 3.41. The van der Waals surface area contributed by atoms with Crippen LogP contribution in [0, 0.1) is 0 Å². The van der Waals surface area contributed by atoms with Crippen LogP contribution in [0.4, 0.5) is 0 Å². The number of thioether (sulfide) groups is 1. The van der Waals surface area contributed by atoms with Gasteiger partial charge < -0.3 is 20.7 Å². The first-order chi connectivity index (χ1) is 13.7. The summed E-state index contributed by atoms with van der Waals surface area (Å²) in [6.07, 6.45) is 6.72. The van der Waals surface area contributed by atoms with E-state index in [9.17, 15) is 4.79 Å². The Morgan fingerprint density at radius 3 is 2.86 bits per heavy atom. The van der Waals surface area contributed by atoms with Crippen LogP contribution in [0.3, 0.4) is 0 Å². The van der Waals surface area contributed by atoms with Crippen LogP contribution in [-0.2, 0) is 11.3 Å². The number of rotatable bonds is 11. The van der Waals surface area contributed by atoms with Gasteiger partial charge in [0.1, 0.15) is 0 Å². The fourth-order valence-corrected chi connectivity index (χ4v) is 3.51. The highest BCUT2D eigenvalue weighted by atomic mass is 127. The van der Waals surface area contributed by atoms with Crippen molar-refractivity contribution in [1.29, 1.82) is 0 Å². The molecule has 1 aliphatic rings. The number of ether oxygens (including phenoxy) is 1. The summed E-state index contributed by atoms with van der Waals surface area (Å²) in [5.41, 5.74) is 1.69. The molecule has 29 heavy (non-hydrogen) atoms. The third-order valence-electron chi connectivity index (χ3n) is 4.54. The Morgan fingerprint density at radius 2 is 2.14 bits per heavy atom. The Morgan fingerprint density at radius 1 is 1.28 bits per heavy atom. The molecule has 3 N–H and O–H groups in total. The molecule has 8 heteroatoms. The maximum absolute atomic E-state index is 12.4. The molecule has 1 aromatic carbocycles. The fourth-order valence-electron chi connectivity index (χ4n) is 3.02. The van der Waals surface area contributed by atoms with Crippen LogP contribution in [0.2, 0.25) is 0 Å². The molecule has 0 radical (unpaired) electrons. The highest BCUT2D eigenvalue weighted by Gasteiger charge is 2.16. The number of amides is 1. The number of unbranched alkanes of at least 4 members (excludes halogenated alkanes) is 1. The summed E-state index contributed by atoms with van der Waals surface area (Å²) in [6.45, 7) is 5.71. The quantitative estimate of drug-likeness (QED) is 0.176. The lowest BCUT2D eigenvalue weighted by molar-refractivity contribution is 0.0857. The molecule has 0 saturated carbocycles. The predicted molar refractivity (Wildman–Crippen MR) is 134 cm³/mol. The van der Waals surface area contributed by atoms with Gasteiger partial charge in [0.15, 0.2) is 5.96 Å². The molecule has 1 fully saturated rings. The second-order valence-electron chi connectivity index (χ2n) is 6.87. The lowest BCUT2D eigenvalue weighted by Gasteiger charge is -2.12. The molecule has 0 bridgehead atoms. The van der Waals surface area contributed by atoms with Crippen LogP contribution >= 0.6 is 35.7 Å². The Labute approximate surface area is 196 Å². The van der Waals surface area contributed by atoms with E-state index in [2.05, 4.69) is 34.1 Å². The van der Waals surface area contributed by atoms with Gasteiger partial charge in [0.25, 0.3) is 5.91 Å². The lowest BCUT2D eigenvalue weighted by Crippen LogP contribution is -2.37. The molecule has 1 unspecified atom stereocenters. The summed E-state index contributed by atoms with van der Waals surface area (Å²) < 4.78 is 5.56. The first kappa shape index (κ1) is 26.0. The number of guanidine groups is 1. The van der Waals surface area contributed by atoms with Crippen molar-refractivity contribution in [2.24, 2.45) is 4.99 Å². The smallest absolute Gasteiger partial charge is 0.251 e. The molecule has 0 aliphatic carbocycles. The lowest BCUT2D eigenvalue weighted by atomic mass is 10.1. The highest BCUT2D eigenvalue weighted by molar-refractivity contribution is 14.0. The minimum Gasteiger partial charge on any atom is -0.376 e. The van der Waals surface area contributed by atoms with Crippen molar-refractivity contribution in [2.45, 2.75) is 45.3 Å². The molecule has 2 rings (SSSR count). The number of benzene rings is 1. The van der Waals surface area contributed by atoms with E-state index in [-0.39, 0.29) is 36.0 Å². The van der Waals surface area contributed by atoms with E-state index in [1.54, 1.807) is 0 Å². The van der Waals surface area contributed by atoms with E-state index >= 15 is 0 Å². The number of hydrogen-bond donors (Lipinski definition) is 3. The van der Waals surface area contributed by atoms with E-state index in [1.807, 2.05) is 36.0 Å². The van der Waals surface area contributed by atoms with Crippen molar-refractivity contribution < 1.29 is 9.53 Å². The molecule has 1 heterocycles. The van der Waals surface area contributed by atoms with E-state index < -0.39 is 0 Å². The fraction of sp³-hybridized carbons (Fsp3) is 0.619. The van der Waals surface area contributed by atoms with Gasteiger partial charge in [0.2, 0.25) is 0 Å². The first-order valence-corrected chi connectivity index (χ1v) is 11.6. The average molecular weight is 535 g/mol. The number of halogens is 1. The van der Waals surface area contributed by atoms with Crippen LogP contribution in [0.15, 0.2) is 29.3 Å². The van der Waals surface area contributed by atoms with Crippen molar-refractivity contribution >= 4 is 47.6 Å². The van der Waals surface area contributed by atoms with Crippen LogP contribution in [0.25, 0.3) is 0 Å². The maximum atomic E-state index is 12.4. The Hall–Kier alpha value is -1.00. The zero-order valence-corrected chi connectivity index (χ0v) is 20.7. The number of carbonyl (C=O) groups excluding carboxylic acids is 1. The van der Waals surface area contributed by atoms with Gasteiger partial charge in [-0.15, -0.1) is 24.0 Å². The highest BCUT2D eigenvalue weighted by Crippen LogP contribution is 2.11. The van der Waals surface area contributed by atoms with Gasteiger partial charge >= 0.3 is 0 Å². The SMILES string of the molecule is CCNC(=NCc1cccc(C(=O)NCC2CCCO2)c1)NCCCCSC.I. The summed E-state index contributed by atoms with van der Waals surface area (Å²) in [7, 11) is 0. The molecular formula is C21H35IN4O2S. The molecular weight excluding hydrogens is 499 g/mol. The van der Waals surface area contributed by atoms with Crippen LogP contribution in [0.5, 0.6) is 0 Å². The topological polar surface area (TPSA) is 74.8 Å². The number of nitrogens with one attached hydrogen (secondary N) is 3. The van der Waals surface area contributed by atoms with Gasteiger partial charge in [0, 0.05) is 31.8 Å². The molecule has 0 aromatic heterocycles. The molecule has 1 aromatic rings. The zero-order valence-electron chi connectivity index (χ0n) is 17.5. The summed E-state index contributed by atoms with van der Waals surface area (Å²) >= 11 is 1.88. The second kappa shape index (κ2) is 15.8. The van der Waals surface area contributed by atoms with Gasteiger partial charge in [-0.05, 0) is 62.3 Å². The molecule has 1 aliphatic heterocycles. The third kappa shape index (κ3) is 10.5. The van der Waals surface area contributed by atoms with E-state index in [0.717, 1.165) is 50.5 Å². The Bertz CT molecular complexity index is 624. The summed E-state index contributed by atoms with van der Waals surface area (Å²) in [5.74, 6) is 1.96. The minimum absolute atomic E-state index is 0. The van der Waals surface area contributed by atoms with Gasteiger partial charge in [-0.1, -0.05) is 12.1 Å². The van der Waals surface area contributed by atoms with Crippen LogP contribution in [0.1, 0.15) is 48.5 Å². The van der Waals surface area contributed by atoms with Gasteiger partial charge in [-0.25, -0.2) is 4.99 Å². The van der Waals surface area contributed by atoms with Crippen molar-refractivity contribution in [2.75, 3.05) is 38.2 Å². The van der Waals surface area contributed by atoms with Gasteiger partial charge in [0.05, 0.1) is 12.6 Å². The van der Waals surface area contributed by atoms with Gasteiger partial charge in [-0.3, -0.25) is 4.79 Å². The largest absolute Gasteiger partial charge is 0.376 e. The number of hydrogen-bond acceptors (Lipinski definition) is 4.